The van der Waals surface area contributed by atoms with Crippen molar-refractivity contribution in [1.82, 2.24) is 5.32 Å². The monoisotopic (exact) mass is 394 g/mol. The Morgan fingerprint density at radius 2 is 1.79 bits per heavy atom. The van der Waals surface area contributed by atoms with E-state index in [1.54, 1.807) is 6.92 Å². The number of aliphatic imine (C=N–C) groups is 1. The van der Waals surface area contributed by atoms with Crippen LogP contribution in [0, 0.1) is 6.92 Å². The van der Waals surface area contributed by atoms with Crippen LogP contribution < -0.4 is 16.4 Å². The standard InChI is InChI=1S/C21H22N4O2S/c1-13-8-6-7-11-16(13)24-17(26)12-28-21-23-14(2)18(20(22)27)19(25-21)15-9-4-3-5-10-15/h3-11,19H,12H2,1-2H3,(H2,22,27)(H,23,25)(H,24,26)/t19-/m1/s1. The van der Waals surface area contributed by atoms with Crippen molar-refractivity contribution in [3.63, 3.8) is 0 Å². The fourth-order valence-corrected chi connectivity index (χ4v) is 3.69. The molecule has 1 heterocycles. The van der Waals surface area contributed by atoms with Gasteiger partial charge in [-0.1, -0.05) is 60.3 Å². The van der Waals surface area contributed by atoms with Crippen LogP contribution in [0.5, 0.6) is 0 Å². The third-order valence-electron chi connectivity index (χ3n) is 4.36. The number of nitrogens with zero attached hydrogens (tertiary/aromatic N) is 1. The summed E-state index contributed by atoms with van der Waals surface area (Å²) in [5.74, 6) is -0.438. The van der Waals surface area contributed by atoms with Crippen molar-refractivity contribution in [3.8, 4) is 0 Å². The number of amides is 2. The van der Waals surface area contributed by atoms with E-state index in [2.05, 4.69) is 15.6 Å². The molecular formula is C21H22N4O2S. The van der Waals surface area contributed by atoms with Gasteiger partial charge in [0, 0.05) is 11.4 Å². The van der Waals surface area contributed by atoms with Crippen molar-refractivity contribution in [3.05, 3.63) is 77.0 Å². The molecule has 1 aliphatic rings. The molecule has 0 unspecified atom stereocenters. The molecule has 0 fully saturated rings. The first kappa shape index (κ1) is 19.7. The molecule has 0 bridgehead atoms. The first-order valence-corrected chi connectivity index (χ1v) is 9.83. The van der Waals surface area contributed by atoms with Gasteiger partial charge in [-0.25, -0.2) is 4.99 Å². The van der Waals surface area contributed by atoms with Gasteiger partial charge in [0.25, 0.3) is 0 Å². The Hall–Kier alpha value is -3.06. The van der Waals surface area contributed by atoms with E-state index >= 15 is 0 Å². The van der Waals surface area contributed by atoms with Crippen LogP contribution >= 0.6 is 11.8 Å². The van der Waals surface area contributed by atoms with Crippen LogP contribution in [0.25, 0.3) is 0 Å². The van der Waals surface area contributed by atoms with Gasteiger partial charge in [-0.15, -0.1) is 0 Å². The molecule has 1 atom stereocenters. The predicted molar refractivity (Wildman–Crippen MR) is 114 cm³/mol. The minimum Gasteiger partial charge on any atom is -0.366 e. The zero-order chi connectivity index (χ0) is 20.1. The van der Waals surface area contributed by atoms with Gasteiger partial charge in [-0.05, 0) is 31.0 Å². The number of rotatable bonds is 5. The lowest BCUT2D eigenvalue weighted by Gasteiger charge is -2.25. The average Bonchev–Trinajstić information content (AvgIpc) is 2.68. The predicted octanol–water partition coefficient (Wildman–Crippen LogP) is 3.13. The van der Waals surface area contributed by atoms with Crippen LogP contribution in [-0.4, -0.2) is 22.7 Å². The molecule has 3 rings (SSSR count). The highest BCUT2D eigenvalue weighted by Gasteiger charge is 2.28. The molecule has 0 radical (unpaired) electrons. The maximum absolute atomic E-state index is 12.3. The Kier molecular flexibility index (Phi) is 6.16. The Labute approximate surface area is 168 Å². The van der Waals surface area contributed by atoms with Crippen molar-refractivity contribution in [2.75, 3.05) is 11.1 Å². The number of anilines is 1. The Morgan fingerprint density at radius 3 is 2.46 bits per heavy atom. The number of carbonyl (C=O) groups excluding carboxylic acids is 2. The normalized spacial score (nSPS) is 16.2. The molecular weight excluding hydrogens is 372 g/mol. The number of carbonyl (C=O) groups is 2. The van der Waals surface area contributed by atoms with Gasteiger partial charge in [0.05, 0.1) is 11.3 Å². The van der Waals surface area contributed by atoms with Crippen molar-refractivity contribution in [1.29, 1.82) is 0 Å². The summed E-state index contributed by atoms with van der Waals surface area (Å²) in [5, 5.41) is 6.57. The first-order chi connectivity index (χ1) is 13.5. The smallest absolute Gasteiger partial charge is 0.248 e. The fourth-order valence-electron chi connectivity index (χ4n) is 2.95. The van der Waals surface area contributed by atoms with Crippen LogP contribution in [0.4, 0.5) is 5.69 Å². The van der Waals surface area contributed by atoms with Gasteiger partial charge in [0.1, 0.15) is 6.04 Å². The minimum absolute atomic E-state index is 0.123. The van der Waals surface area contributed by atoms with Crippen LogP contribution in [-0.2, 0) is 9.59 Å². The molecule has 6 nitrogen and oxygen atoms in total. The molecule has 2 aromatic rings. The molecule has 0 aliphatic carbocycles. The number of thioether (sulfide) groups is 1. The van der Waals surface area contributed by atoms with Crippen LogP contribution in [0.2, 0.25) is 0 Å². The molecule has 2 aromatic carbocycles. The lowest BCUT2D eigenvalue weighted by Crippen LogP contribution is -2.33. The zero-order valence-electron chi connectivity index (χ0n) is 15.7. The molecule has 0 spiro atoms. The lowest BCUT2D eigenvalue weighted by atomic mass is 9.96. The number of hydrogen-bond acceptors (Lipinski definition) is 5. The summed E-state index contributed by atoms with van der Waals surface area (Å²) in [6, 6.07) is 16.6. The summed E-state index contributed by atoms with van der Waals surface area (Å²) in [7, 11) is 0. The number of nitrogens with one attached hydrogen (secondary N) is 2. The van der Waals surface area contributed by atoms with E-state index in [1.807, 2.05) is 61.5 Å². The number of hydrogen-bond donors (Lipinski definition) is 3. The van der Waals surface area contributed by atoms with Crippen molar-refractivity contribution >= 4 is 34.4 Å². The molecule has 144 valence electrons. The van der Waals surface area contributed by atoms with Crippen molar-refractivity contribution in [2.45, 2.75) is 19.9 Å². The van der Waals surface area contributed by atoms with Crippen molar-refractivity contribution < 1.29 is 9.59 Å². The van der Waals surface area contributed by atoms with E-state index in [9.17, 15) is 9.59 Å². The highest BCUT2D eigenvalue weighted by Crippen LogP contribution is 2.31. The maximum atomic E-state index is 12.3. The Morgan fingerprint density at radius 1 is 1.11 bits per heavy atom. The highest BCUT2D eigenvalue weighted by atomic mass is 32.2. The van der Waals surface area contributed by atoms with E-state index < -0.39 is 11.9 Å². The third kappa shape index (κ3) is 4.61. The number of benzene rings is 2. The van der Waals surface area contributed by atoms with E-state index in [-0.39, 0.29) is 11.7 Å². The van der Waals surface area contributed by atoms with Gasteiger partial charge in [-0.2, -0.15) is 0 Å². The summed E-state index contributed by atoms with van der Waals surface area (Å²) in [4.78, 5) is 28.9. The third-order valence-corrected chi connectivity index (χ3v) is 5.25. The average molecular weight is 395 g/mol. The molecule has 4 N–H and O–H groups in total. The summed E-state index contributed by atoms with van der Waals surface area (Å²) >= 11 is 1.29. The summed E-state index contributed by atoms with van der Waals surface area (Å²) in [6.07, 6.45) is 0. The van der Waals surface area contributed by atoms with Gasteiger partial charge >= 0.3 is 0 Å². The van der Waals surface area contributed by atoms with E-state index in [0.29, 0.717) is 16.4 Å². The summed E-state index contributed by atoms with van der Waals surface area (Å²) in [6.45, 7) is 3.73. The zero-order valence-corrected chi connectivity index (χ0v) is 16.5. The first-order valence-electron chi connectivity index (χ1n) is 8.84. The second kappa shape index (κ2) is 8.75. The Balaban J connectivity index is 1.73. The number of allylic oxidation sites excluding steroid dienone is 1. The highest BCUT2D eigenvalue weighted by molar-refractivity contribution is 8.14. The minimum atomic E-state index is -0.510. The summed E-state index contributed by atoms with van der Waals surface area (Å²) < 4.78 is 0. The largest absolute Gasteiger partial charge is 0.366 e. The van der Waals surface area contributed by atoms with E-state index in [4.69, 9.17) is 5.73 Å². The Bertz CT molecular complexity index is 954. The van der Waals surface area contributed by atoms with Gasteiger partial charge in [-0.3, -0.25) is 9.59 Å². The van der Waals surface area contributed by atoms with Gasteiger partial charge in [0.2, 0.25) is 11.8 Å². The molecule has 28 heavy (non-hydrogen) atoms. The number of para-hydroxylation sites is 1. The van der Waals surface area contributed by atoms with Crippen molar-refractivity contribution in [2.24, 2.45) is 10.7 Å². The van der Waals surface area contributed by atoms with Gasteiger partial charge in [0.15, 0.2) is 5.17 Å². The number of primary amides is 1. The molecule has 7 heteroatoms. The van der Waals surface area contributed by atoms with E-state index in [0.717, 1.165) is 16.8 Å². The van der Waals surface area contributed by atoms with Gasteiger partial charge < -0.3 is 16.4 Å². The van der Waals surface area contributed by atoms with Crippen LogP contribution in [0.3, 0.4) is 0 Å². The molecule has 1 aliphatic heterocycles. The number of amidine groups is 1. The van der Waals surface area contributed by atoms with Crippen LogP contribution in [0.15, 0.2) is 70.9 Å². The van der Waals surface area contributed by atoms with Crippen LogP contribution in [0.1, 0.15) is 24.1 Å². The molecule has 2 amide bonds. The summed E-state index contributed by atoms with van der Waals surface area (Å²) in [5.41, 5.74) is 9.33. The molecule has 0 saturated heterocycles. The lowest BCUT2D eigenvalue weighted by molar-refractivity contribution is -0.115. The SMILES string of the molecule is CC1=C(C(N)=O)[C@@H](c2ccccc2)N=C(SCC(=O)Nc2ccccc2C)N1. The fraction of sp³-hybridized carbons (Fsp3) is 0.190. The molecule has 0 saturated carbocycles. The topological polar surface area (TPSA) is 96.6 Å². The second-order valence-electron chi connectivity index (χ2n) is 6.43. The van der Waals surface area contributed by atoms with E-state index in [1.165, 1.54) is 11.8 Å². The number of nitrogens with two attached hydrogens (primary N) is 1. The molecule has 0 aromatic heterocycles. The number of aryl methyl sites for hydroxylation is 1. The maximum Gasteiger partial charge on any atom is 0.248 e. The quantitative estimate of drug-likeness (QED) is 0.726. The second-order valence-corrected chi connectivity index (χ2v) is 7.39.